The number of fused-ring (bicyclic) bond motifs is 1. The minimum Gasteiger partial charge on any atom is -0.479 e. The summed E-state index contributed by atoms with van der Waals surface area (Å²) in [5.41, 5.74) is 4.78. The predicted octanol–water partition coefficient (Wildman–Crippen LogP) is 5.98. The lowest BCUT2D eigenvalue weighted by atomic mass is 9.85. The molecule has 1 atom stereocenters. The summed E-state index contributed by atoms with van der Waals surface area (Å²) in [6.45, 7) is 11.6. The molecule has 6 nitrogen and oxygen atoms in total. The second kappa shape index (κ2) is 10.8. The predicted molar refractivity (Wildman–Crippen MR) is 140 cm³/mol. The molecule has 2 aliphatic heterocycles. The number of hydrogen-bond acceptors (Lipinski definition) is 4. The Morgan fingerprint density at radius 3 is 2.38 bits per heavy atom. The zero-order chi connectivity index (χ0) is 26.9. The molecule has 0 aromatic heterocycles. The van der Waals surface area contributed by atoms with Crippen molar-refractivity contribution in [3.05, 3.63) is 75.1 Å². The first-order valence-electron chi connectivity index (χ1n) is 12.8. The zero-order valence-corrected chi connectivity index (χ0v) is 22.3. The first-order valence-corrected chi connectivity index (χ1v) is 12.8. The molecule has 1 amide bonds. The number of halogens is 1. The van der Waals surface area contributed by atoms with Gasteiger partial charge in [0.15, 0.2) is 6.10 Å². The number of carbonyl (C=O) groups is 2. The van der Waals surface area contributed by atoms with Crippen LogP contribution in [-0.2, 0) is 27.4 Å². The summed E-state index contributed by atoms with van der Waals surface area (Å²) < 4.78 is 25.4. The van der Waals surface area contributed by atoms with Crippen molar-refractivity contribution in [2.24, 2.45) is 5.92 Å². The number of rotatable bonds is 6. The number of ether oxygens (including phenoxy) is 2. The van der Waals surface area contributed by atoms with Crippen LogP contribution in [0.2, 0.25) is 0 Å². The van der Waals surface area contributed by atoms with Gasteiger partial charge in [-0.1, -0.05) is 18.2 Å². The smallest absolute Gasteiger partial charge is 0.337 e. The van der Waals surface area contributed by atoms with Crippen LogP contribution in [0.4, 0.5) is 4.39 Å². The van der Waals surface area contributed by atoms with Crippen molar-refractivity contribution in [1.29, 1.82) is 0 Å². The molecule has 0 aliphatic carbocycles. The fourth-order valence-corrected chi connectivity index (χ4v) is 5.27. The maximum absolute atomic E-state index is 13.8. The van der Waals surface area contributed by atoms with E-state index in [4.69, 9.17) is 9.47 Å². The number of carboxylic acids is 1. The first kappa shape index (κ1) is 27.0. The topological polar surface area (TPSA) is 76.1 Å². The van der Waals surface area contributed by atoms with Crippen molar-refractivity contribution in [2.75, 3.05) is 13.2 Å². The summed E-state index contributed by atoms with van der Waals surface area (Å²) in [6, 6.07) is 5.70. The van der Waals surface area contributed by atoms with E-state index in [1.54, 1.807) is 11.0 Å². The number of nitrogens with zero attached hydrogens (tertiary/aromatic N) is 1. The molecule has 2 aromatic rings. The molecular weight excluding hydrogens is 473 g/mol. The second-order valence-corrected chi connectivity index (χ2v) is 11.0. The Morgan fingerprint density at radius 1 is 1.14 bits per heavy atom. The summed E-state index contributed by atoms with van der Waals surface area (Å²) in [4.78, 5) is 27.5. The SMILES string of the molecule is Cc1c(/C=C/C2CCOCC2)c([C@H](OC(C)(C)C)C(=O)O)c(C)c2c1CN(C(=O)c1cccc(F)c1)C2. The Hall–Kier alpha value is -3.03. The van der Waals surface area contributed by atoms with Gasteiger partial charge in [-0.2, -0.15) is 0 Å². The second-order valence-electron chi connectivity index (χ2n) is 11.0. The molecule has 0 unspecified atom stereocenters. The van der Waals surface area contributed by atoms with Crippen molar-refractivity contribution in [1.82, 2.24) is 4.90 Å². The van der Waals surface area contributed by atoms with E-state index in [1.165, 1.54) is 18.2 Å². The standard InChI is InChI=1S/C30H36FNO5/c1-18-23(10-9-20-11-13-36-14-12-20)26(27(29(34)35)37-30(3,4)5)19(2)25-17-32(16-24(18)25)28(33)21-7-6-8-22(31)15-21/h6-10,15,20,27H,11-14,16-17H2,1-5H3,(H,34,35)/b10-9+/t27-/m0/s1. The Balaban J connectivity index is 1.80. The maximum atomic E-state index is 13.8. The van der Waals surface area contributed by atoms with Crippen molar-refractivity contribution in [3.63, 3.8) is 0 Å². The van der Waals surface area contributed by atoms with Gasteiger partial charge < -0.3 is 19.5 Å². The van der Waals surface area contributed by atoms with E-state index < -0.39 is 23.5 Å². The van der Waals surface area contributed by atoms with Gasteiger partial charge in [-0.25, -0.2) is 9.18 Å². The minimum absolute atomic E-state index is 0.254. The quantitative estimate of drug-likeness (QED) is 0.519. The lowest BCUT2D eigenvalue weighted by molar-refractivity contribution is -0.160. The van der Waals surface area contributed by atoms with Crippen LogP contribution in [-0.4, -0.2) is 40.7 Å². The van der Waals surface area contributed by atoms with Crippen molar-refractivity contribution in [2.45, 2.75) is 72.3 Å². The fourth-order valence-electron chi connectivity index (χ4n) is 5.27. The molecule has 1 fully saturated rings. The van der Waals surface area contributed by atoms with Crippen LogP contribution in [0.5, 0.6) is 0 Å². The highest BCUT2D eigenvalue weighted by atomic mass is 19.1. The third kappa shape index (κ3) is 5.94. The average Bonchev–Trinajstić information content (AvgIpc) is 3.30. The largest absolute Gasteiger partial charge is 0.479 e. The van der Waals surface area contributed by atoms with Crippen LogP contribution in [0.3, 0.4) is 0 Å². The van der Waals surface area contributed by atoms with E-state index in [0.717, 1.165) is 40.7 Å². The Labute approximate surface area is 218 Å². The van der Waals surface area contributed by atoms with Gasteiger partial charge in [0.05, 0.1) is 5.60 Å². The van der Waals surface area contributed by atoms with Crippen molar-refractivity contribution < 1.29 is 28.6 Å². The van der Waals surface area contributed by atoms with Crippen LogP contribution in [0.15, 0.2) is 30.3 Å². The Kier molecular flexibility index (Phi) is 7.85. The highest BCUT2D eigenvalue weighted by Crippen LogP contribution is 2.40. The lowest BCUT2D eigenvalue weighted by Crippen LogP contribution is -2.29. The monoisotopic (exact) mass is 509 g/mol. The van der Waals surface area contributed by atoms with Crippen LogP contribution < -0.4 is 0 Å². The van der Waals surface area contributed by atoms with Crippen LogP contribution in [0.1, 0.15) is 83.5 Å². The highest BCUT2D eigenvalue weighted by molar-refractivity contribution is 5.94. The van der Waals surface area contributed by atoms with E-state index in [2.05, 4.69) is 6.08 Å². The maximum Gasteiger partial charge on any atom is 0.337 e. The molecule has 0 saturated carbocycles. The van der Waals surface area contributed by atoms with Crippen LogP contribution in [0, 0.1) is 25.6 Å². The number of hydrogen-bond donors (Lipinski definition) is 1. The third-order valence-electron chi connectivity index (χ3n) is 7.18. The molecule has 4 rings (SSSR count). The fraction of sp³-hybridized carbons (Fsp3) is 0.467. The summed E-state index contributed by atoms with van der Waals surface area (Å²) in [7, 11) is 0. The molecule has 2 aromatic carbocycles. The summed E-state index contributed by atoms with van der Waals surface area (Å²) in [5, 5.41) is 10.2. The summed E-state index contributed by atoms with van der Waals surface area (Å²) in [6.07, 6.45) is 4.87. The highest BCUT2D eigenvalue weighted by Gasteiger charge is 2.35. The summed E-state index contributed by atoms with van der Waals surface area (Å²) in [5.74, 6) is -1.41. The van der Waals surface area contributed by atoms with E-state index in [-0.39, 0.29) is 5.91 Å². The van der Waals surface area contributed by atoms with E-state index >= 15 is 0 Å². The van der Waals surface area contributed by atoms with Gasteiger partial charge >= 0.3 is 5.97 Å². The minimum atomic E-state index is -1.16. The van der Waals surface area contributed by atoms with E-state index in [0.29, 0.717) is 43.3 Å². The van der Waals surface area contributed by atoms with Gasteiger partial charge in [0, 0.05) is 37.4 Å². The number of aliphatic carboxylic acids is 1. The molecule has 2 heterocycles. The van der Waals surface area contributed by atoms with Gasteiger partial charge in [0.25, 0.3) is 5.91 Å². The van der Waals surface area contributed by atoms with Crippen molar-refractivity contribution in [3.8, 4) is 0 Å². The normalized spacial score (nSPS) is 17.3. The molecule has 1 N–H and O–H groups in total. The number of amides is 1. The molecule has 198 valence electrons. The molecule has 2 aliphatic rings. The lowest BCUT2D eigenvalue weighted by Gasteiger charge is -2.29. The third-order valence-corrected chi connectivity index (χ3v) is 7.18. The number of carboxylic acid groups (broad SMARTS) is 1. The molecule has 0 radical (unpaired) electrons. The molecular formula is C30H36FNO5. The Bertz CT molecular complexity index is 1220. The van der Waals surface area contributed by atoms with E-state index in [9.17, 15) is 19.1 Å². The zero-order valence-electron chi connectivity index (χ0n) is 22.3. The summed E-state index contributed by atoms with van der Waals surface area (Å²) >= 11 is 0. The number of benzene rings is 2. The van der Waals surface area contributed by atoms with Gasteiger partial charge in [0.2, 0.25) is 0 Å². The number of carbonyl (C=O) groups excluding carboxylic acids is 1. The Morgan fingerprint density at radius 2 is 1.78 bits per heavy atom. The number of allylic oxidation sites excluding steroid dienone is 1. The van der Waals surface area contributed by atoms with E-state index in [1.807, 2.05) is 40.7 Å². The first-order chi connectivity index (χ1) is 17.5. The van der Waals surface area contributed by atoms with Crippen LogP contribution in [0.25, 0.3) is 6.08 Å². The molecule has 1 saturated heterocycles. The van der Waals surface area contributed by atoms with Gasteiger partial charge in [-0.3, -0.25) is 4.79 Å². The van der Waals surface area contributed by atoms with Gasteiger partial charge in [0.1, 0.15) is 5.82 Å². The van der Waals surface area contributed by atoms with Gasteiger partial charge in [-0.05, 0) is 99.4 Å². The molecule has 0 spiro atoms. The molecule has 37 heavy (non-hydrogen) atoms. The average molecular weight is 510 g/mol. The van der Waals surface area contributed by atoms with Crippen LogP contribution >= 0.6 is 0 Å². The molecule has 0 bridgehead atoms. The van der Waals surface area contributed by atoms with Gasteiger partial charge in [-0.15, -0.1) is 0 Å². The molecule has 7 heteroatoms. The van der Waals surface area contributed by atoms with Crippen molar-refractivity contribution >= 4 is 18.0 Å².